The number of thiophene rings is 3. The molecule has 0 unspecified atom stereocenters. The molecule has 2 amide bonds. The number of aromatic nitrogens is 11. The van der Waals surface area contributed by atoms with Crippen molar-refractivity contribution >= 4 is 106 Å². The van der Waals surface area contributed by atoms with Gasteiger partial charge in [-0.25, -0.2) is 45.6 Å². The number of hydrogen-bond donors (Lipinski definition) is 8. The zero-order chi connectivity index (χ0) is 90.9. The minimum absolute atomic E-state index is 0.107. The van der Waals surface area contributed by atoms with Gasteiger partial charge in [0, 0.05) is 91.0 Å². The van der Waals surface area contributed by atoms with E-state index in [2.05, 4.69) is 138 Å². The van der Waals surface area contributed by atoms with Crippen LogP contribution in [0.5, 0.6) is 17.2 Å². The summed E-state index contributed by atoms with van der Waals surface area (Å²) in [5.74, 6) is 1.10. The number of unbranched alkanes of at least 4 members (excludes halogenated alkanes) is 3. The first-order valence-corrected chi connectivity index (χ1v) is 49.6. The van der Waals surface area contributed by atoms with Crippen LogP contribution >= 0.6 is 68.5 Å². The summed E-state index contributed by atoms with van der Waals surface area (Å²) in [5, 5.41) is 14.8. The number of aromatic amines is 6. The van der Waals surface area contributed by atoms with E-state index in [4.69, 9.17) is 37.4 Å². The molecule has 2 fully saturated rings. The molecule has 2 saturated carbocycles. The Hall–Kier alpha value is -11.8. The van der Waals surface area contributed by atoms with Gasteiger partial charge in [0.1, 0.15) is 51.9 Å². The average molecular weight is 1880 g/mol. The summed E-state index contributed by atoms with van der Waals surface area (Å²) in [5.41, 5.74) is 5.97. The van der Waals surface area contributed by atoms with Crippen LogP contribution in [0.15, 0.2) is 184 Å². The normalized spacial score (nSPS) is 12.5. The number of carbonyl (C=O) groups is 2. The fourth-order valence-electron chi connectivity index (χ4n) is 13.4. The Morgan fingerprint density at radius 2 is 0.891 bits per heavy atom. The lowest BCUT2D eigenvalue weighted by atomic mass is 10.0. The monoisotopic (exact) mass is 1880 g/mol. The highest BCUT2D eigenvalue weighted by molar-refractivity contribution is 7.89. The van der Waals surface area contributed by atoms with Gasteiger partial charge in [-0.2, -0.15) is 10.2 Å². The maximum Gasteiger partial charge on any atom is 0.271 e. The number of benzene rings is 4. The first kappa shape index (κ1) is 93.8. The van der Waals surface area contributed by atoms with E-state index in [0.717, 1.165) is 137 Å². The van der Waals surface area contributed by atoms with Gasteiger partial charge in [0.05, 0.1) is 70.6 Å². The van der Waals surface area contributed by atoms with Crippen molar-refractivity contribution in [2.24, 2.45) is 5.92 Å². The zero-order valence-electron chi connectivity index (χ0n) is 71.3. The van der Waals surface area contributed by atoms with Crippen LogP contribution in [-0.2, 0) is 39.3 Å². The molecular formula is C93H94Cl2FN13O13S6. The number of hydrogen-bond acceptors (Lipinski definition) is 22. The molecule has 0 bridgehead atoms. The SMILES string of the molecule is CCCCOc1ccc(-c2cc(-c3ccc(CC)s3)c(-c3ncn[nH]3)c(=O)[nH]2)c(Cl)c1.CCCCOc1ccc(-c2cc(-c3ccc(CC)s3)c(C(=O)NS(C)(=O)=O)c(=O)[nH]2)c(Cl)c1.CCCCOc1ccc(-c2cc(-c3ncc(C4CC4)s3)c(C(=O)NS(C)(=O)=O)c(=O)[nH]2)c(F)c1.CCc1ccc(-c2cc(-c3ccc(/C=C/C4CC4)cc3)[nH]c(=O)c2-c2ncn[nH]2)s1. The highest BCUT2D eigenvalue weighted by Gasteiger charge is 2.31. The number of carbonyl (C=O) groups excluding carboxylic acids is 2. The molecule has 0 atom stereocenters. The van der Waals surface area contributed by atoms with Crippen molar-refractivity contribution in [3.63, 3.8) is 0 Å². The number of allylic oxidation sites excluding steroid dienone is 1. The van der Waals surface area contributed by atoms with Crippen LogP contribution in [0, 0.1) is 11.7 Å². The molecule has 0 saturated heterocycles. The predicted molar refractivity (Wildman–Crippen MR) is 509 cm³/mol. The minimum Gasteiger partial charge on any atom is -0.494 e. The average Bonchev–Trinajstić information content (AvgIpc) is 1.36. The highest BCUT2D eigenvalue weighted by Crippen LogP contribution is 2.46. The molecule has 10 aromatic heterocycles. The van der Waals surface area contributed by atoms with E-state index in [0.29, 0.717) is 108 Å². The quantitative estimate of drug-likeness (QED) is 0.0182. The molecule has 10 heterocycles. The summed E-state index contributed by atoms with van der Waals surface area (Å²) in [6.45, 7) is 14.2. The zero-order valence-corrected chi connectivity index (χ0v) is 77.7. The van der Waals surface area contributed by atoms with Crippen LogP contribution in [0.1, 0.15) is 157 Å². The Kier molecular flexibility index (Phi) is 31.4. The number of halogens is 3. The molecule has 8 N–H and O–H groups in total. The van der Waals surface area contributed by atoms with E-state index >= 15 is 0 Å². The summed E-state index contributed by atoms with van der Waals surface area (Å²) in [6.07, 6.45) is 23.8. The number of thiazole rings is 1. The first-order chi connectivity index (χ1) is 61.6. The van der Waals surface area contributed by atoms with Crippen LogP contribution in [0.4, 0.5) is 4.39 Å². The molecule has 666 valence electrons. The Labute approximate surface area is 764 Å². The number of nitrogens with zero attached hydrogens (tertiary/aromatic N) is 5. The number of amides is 2. The Morgan fingerprint density at radius 3 is 1.30 bits per heavy atom. The third-order valence-electron chi connectivity index (χ3n) is 20.4. The fourth-order valence-corrected chi connectivity index (χ4v) is 18.9. The highest BCUT2D eigenvalue weighted by atomic mass is 35.5. The van der Waals surface area contributed by atoms with Crippen LogP contribution < -0.4 is 45.9 Å². The van der Waals surface area contributed by atoms with Gasteiger partial charge in [-0.1, -0.05) is 120 Å². The first-order valence-electron chi connectivity index (χ1n) is 41.7. The van der Waals surface area contributed by atoms with E-state index < -0.39 is 54.4 Å². The number of ether oxygens (including phenoxy) is 3. The number of pyridine rings is 4. The number of nitrogens with one attached hydrogen (secondary N) is 8. The molecule has 0 spiro atoms. The number of sulfonamides is 2. The van der Waals surface area contributed by atoms with Gasteiger partial charge in [0.2, 0.25) is 20.0 Å². The second-order valence-corrected chi connectivity index (χ2v) is 39.2. The van der Waals surface area contributed by atoms with Crippen molar-refractivity contribution in [3.8, 4) is 127 Å². The second-order valence-electron chi connectivity index (χ2n) is 30.3. The van der Waals surface area contributed by atoms with Crippen molar-refractivity contribution in [2.75, 3.05) is 32.3 Å². The van der Waals surface area contributed by atoms with Crippen molar-refractivity contribution < 1.29 is 45.0 Å². The molecule has 16 rings (SSSR count). The number of H-pyrrole nitrogens is 6. The molecule has 128 heavy (non-hydrogen) atoms. The molecule has 2 aliphatic carbocycles. The summed E-state index contributed by atoms with van der Waals surface area (Å²) in [7, 11) is -7.77. The summed E-state index contributed by atoms with van der Waals surface area (Å²) >= 11 is 19.2. The van der Waals surface area contributed by atoms with Gasteiger partial charge < -0.3 is 34.1 Å². The third-order valence-corrected chi connectivity index (χ3v) is 27.1. The van der Waals surface area contributed by atoms with E-state index in [1.807, 2.05) is 65.8 Å². The lowest BCUT2D eigenvalue weighted by Crippen LogP contribution is -2.34. The van der Waals surface area contributed by atoms with Gasteiger partial charge in [-0.15, -0.1) is 45.3 Å². The van der Waals surface area contributed by atoms with Gasteiger partial charge in [0.25, 0.3) is 34.1 Å². The van der Waals surface area contributed by atoms with Crippen LogP contribution in [0.2, 0.25) is 10.0 Å². The van der Waals surface area contributed by atoms with Crippen molar-refractivity contribution in [3.05, 3.63) is 258 Å². The summed E-state index contributed by atoms with van der Waals surface area (Å²) in [6, 6.07) is 42.5. The van der Waals surface area contributed by atoms with Gasteiger partial charge >= 0.3 is 0 Å². The lowest BCUT2D eigenvalue weighted by molar-refractivity contribution is 0.0971. The van der Waals surface area contributed by atoms with E-state index in [-0.39, 0.29) is 33.5 Å². The van der Waals surface area contributed by atoms with Crippen LogP contribution in [-0.4, -0.2) is 116 Å². The minimum atomic E-state index is -3.91. The second kappa shape index (κ2) is 42.9. The topological polar surface area (TPSA) is 382 Å². The maximum absolute atomic E-state index is 14.9. The largest absolute Gasteiger partial charge is 0.494 e. The molecule has 14 aromatic rings. The third kappa shape index (κ3) is 24.3. The maximum atomic E-state index is 14.9. The standard InChI is InChI=1S/C24H22N4OS.C23H23ClN4O2S.C23H25ClN2O5S2.C23H24FN3O5S2/c1-2-18-11-12-21(30-18)19-13-20(27-24(29)22(19)23-25-14-26-28-23)17-9-7-16(8-10-17)6-5-15-3-4-15;1-3-5-10-30-14-6-8-16(18(24)11-14)19-12-17(20-9-7-15(4-2)31-20)21(23(29)27-19)22-25-13-26-28-22;1-4-6-11-31-14-7-9-16(18(24)12-14)19-13-17(20-10-8-15(5-2)32-20)21(22(27)25-19)23(28)26-33(3,29)30;1-3-4-9-32-14-7-8-15(17(24)10-14)18-11-16(23-25-12-19(33-23)13-5-6-13)20(21(28)26-18)22(29)27-34(2,30)31/h5-15H,2-4H2,1H3,(H,27,29)(H,25,26,28);6-9,11-13H,3-5,10H2,1-2H3,(H,27,29)(H,25,26,28);7-10,12-13H,4-6,11H2,1-3H3,(H,25,27)(H,26,28);7-8,10-13H,3-6,9H2,1-2H3,(H,26,28)(H,27,29)/b6-5+;;;. The Balaban J connectivity index is 0.000000146. The van der Waals surface area contributed by atoms with E-state index in [1.165, 1.54) is 81.7 Å². The molecule has 26 nitrogen and oxygen atoms in total. The molecule has 0 radical (unpaired) electrons. The van der Waals surface area contributed by atoms with Crippen LogP contribution in [0.25, 0.3) is 116 Å². The molecule has 2 aliphatic rings. The molecule has 0 aliphatic heterocycles. The lowest BCUT2D eigenvalue weighted by Gasteiger charge is -2.12. The number of rotatable bonds is 32. The van der Waals surface area contributed by atoms with E-state index in [1.54, 1.807) is 65.3 Å². The molecular weight excluding hydrogens is 1790 g/mol. The Morgan fingerprint density at radius 1 is 0.477 bits per heavy atom. The molecule has 35 heteroatoms. The van der Waals surface area contributed by atoms with Gasteiger partial charge in [-0.3, -0.25) is 39.0 Å². The summed E-state index contributed by atoms with van der Waals surface area (Å²) in [4.78, 5) is 109. The van der Waals surface area contributed by atoms with Gasteiger partial charge in [-0.05, 0) is 196 Å². The Bertz CT molecular complexity index is 6830. The van der Waals surface area contributed by atoms with Crippen LogP contribution in [0.3, 0.4) is 0 Å². The summed E-state index contributed by atoms with van der Waals surface area (Å²) < 4.78 is 82.1. The van der Waals surface area contributed by atoms with Gasteiger partial charge in [0.15, 0.2) is 11.6 Å². The van der Waals surface area contributed by atoms with E-state index in [9.17, 15) is 50.0 Å². The van der Waals surface area contributed by atoms with Crippen molar-refractivity contribution in [2.45, 2.75) is 131 Å². The number of aryl methyl sites for hydroxylation is 3. The fraction of sp³-hybridized carbons (Fsp3) is 0.280. The smallest absolute Gasteiger partial charge is 0.271 e. The van der Waals surface area contributed by atoms with Crippen molar-refractivity contribution in [1.29, 1.82) is 0 Å². The van der Waals surface area contributed by atoms with Crippen molar-refractivity contribution in [1.82, 2.24) is 64.7 Å². The predicted octanol–water partition coefficient (Wildman–Crippen LogP) is 20.4. The molecule has 4 aromatic carbocycles.